The highest BCUT2D eigenvalue weighted by atomic mass is 32.9. The molecule has 0 aliphatic rings. The maximum atomic E-state index is 5.92. The molecular formula is C12H22NOPS3. The molecule has 0 saturated heterocycles. The van der Waals surface area contributed by atoms with Gasteiger partial charge < -0.3 is 9.19 Å². The molecule has 2 unspecified atom stereocenters. The summed E-state index contributed by atoms with van der Waals surface area (Å²) in [6, 6.07) is 0. The highest BCUT2D eigenvalue weighted by molar-refractivity contribution is 8.69. The molecule has 0 aliphatic carbocycles. The van der Waals surface area contributed by atoms with Gasteiger partial charge >= 0.3 is 0 Å². The second kappa shape index (κ2) is 10.2. The molecule has 0 radical (unpaired) electrons. The van der Waals surface area contributed by atoms with Crippen LogP contribution in [0, 0.1) is 11.8 Å². The highest BCUT2D eigenvalue weighted by Crippen LogP contribution is 2.63. The number of rotatable bonds is 8. The summed E-state index contributed by atoms with van der Waals surface area (Å²) in [7, 11) is 1.90. The Morgan fingerprint density at radius 3 is 2.61 bits per heavy atom. The summed E-state index contributed by atoms with van der Waals surface area (Å²) in [4.78, 5) is 0. The van der Waals surface area contributed by atoms with Crippen molar-refractivity contribution in [3.63, 3.8) is 0 Å². The van der Waals surface area contributed by atoms with E-state index in [1.807, 2.05) is 18.6 Å². The van der Waals surface area contributed by atoms with E-state index in [9.17, 15) is 0 Å². The molecular weight excluding hydrogens is 301 g/mol. The Labute approximate surface area is 126 Å². The van der Waals surface area contributed by atoms with Crippen molar-refractivity contribution in [2.75, 3.05) is 13.7 Å². The zero-order valence-corrected chi connectivity index (χ0v) is 14.9. The summed E-state index contributed by atoms with van der Waals surface area (Å²) in [5, 5.41) is 0.481. The minimum atomic E-state index is -2.08. The van der Waals surface area contributed by atoms with Crippen molar-refractivity contribution in [2.24, 2.45) is 0 Å². The van der Waals surface area contributed by atoms with Gasteiger partial charge in [0, 0.05) is 25.1 Å². The molecule has 0 aromatic heterocycles. The van der Waals surface area contributed by atoms with Crippen LogP contribution < -0.4 is 0 Å². The van der Waals surface area contributed by atoms with Gasteiger partial charge in [-0.25, -0.2) is 0 Å². The van der Waals surface area contributed by atoms with Crippen molar-refractivity contribution in [3.05, 3.63) is 0 Å². The molecule has 0 rings (SSSR count). The minimum Gasteiger partial charge on any atom is -0.325 e. The van der Waals surface area contributed by atoms with E-state index in [-0.39, 0.29) is 0 Å². The number of hydrogen-bond acceptors (Lipinski definition) is 4. The van der Waals surface area contributed by atoms with Crippen molar-refractivity contribution in [1.29, 1.82) is 0 Å². The Hall–Kier alpha value is 0.410. The second-order valence-electron chi connectivity index (χ2n) is 3.76. The fraction of sp³-hybridized carbons (Fsp3) is 0.750. The summed E-state index contributed by atoms with van der Waals surface area (Å²) in [5.74, 6) is 6.09. The van der Waals surface area contributed by atoms with Gasteiger partial charge in [0.05, 0.1) is 12.1 Å². The van der Waals surface area contributed by atoms with E-state index in [1.165, 1.54) is 0 Å². The zero-order chi connectivity index (χ0) is 14.0. The number of hydrogen-bond donors (Lipinski definition) is 0. The predicted molar refractivity (Wildman–Crippen MR) is 91.7 cm³/mol. The summed E-state index contributed by atoms with van der Waals surface area (Å²) in [6.45, 7) is 6.95. The fourth-order valence-electron chi connectivity index (χ4n) is 0.981. The van der Waals surface area contributed by atoms with E-state index in [0.29, 0.717) is 11.9 Å². The SMILES string of the molecule is CCC#CCCOP(=S)(SC(C)CC)N(C)C=S. The van der Waals surface area contributed by atoms with Crippen molar-refractivity contribution in [2.45, 2.75) is 45.3 Å². The first-order valence-corrected chi connectivity index (χ1v) is 10.7. The molecule has 0 heterocycles. The van der Waals surface area contributed by atoms with E-state index in [4.69, 9.17) is 28.5 Å². The summed E-state index contributed by atoms with van der Waals surface area (Å²) in [5.41, 5.74) is -0.485. The third-order valence-electron chi connectivity index (χ3n) is 2.21. The molecule has 6 heteroatoms. The first-order chi connectivity index (χ1) is 8.50. The Kier molecular flexibility index (Phi) is 10.5. The lowest BCUT2D eigenvalue weighted by molar-refractivity contribution is 0.354. The molecule has 0 amide bonds. The van der Waals surface area contributed by atoms with Crippen molar-refractivity contribution in [3.8, 4) is 11.8 Å². The molecule has 18 heavy (non-hydrogen) atoms. The first kappa shape index (κ1) is 18.4. The molecule has 0 aromatic rings. The van der Waals surface area contributed by atoms with Crippen LogP contribution in [0.5, 0.6) is 0 Å². The Balaban J connectivity index is 4.48. The third-order valence-corrected chi connectivity index (χ3v) is 9.87. The number of thiocarbonyl (C=S) groups is 1. The maximum Gasteiger partial charge on any atom is 0.213 e. The van der Waals surface area contributed by atoms with Crippen LogP contribution in [0.2, 0.25) is 0 Å². The average Bonchev–Trinajstić information content (AvgIpc) is 2.37. The van der Waals surface area contributed by atoms with Gasteiger partial charge in [0.2, 0.25) is 5.62 Å². The third kappa shape index (κ3) is 7.11. The molecule has 0 fully saturated rings. The van der Waals surface area contributed by atoms with Crippen LogP contribution in [-0.4, -0.2) is 29.1 Å². The largest absolute Gasteiger partial charge is 0.325 e. The van der Waals surface area contributed by atoms with Gasteiger partial charge in [0.15, 0.2) is 0 Å². The monoisotopic (exact) mass is 323 g/mol. The van der Waals surface area contributed by atoms with Crippen LogP contribution in [0.4, 0.5) is 0 Å². The lowest BCUT2D eigenvalue weighted by Gasteiger charge is -2.30. The topological polar surface area (TPSA) is 12.5 Å². The van der Waals surface area contributed by atoms with Crippen LogP contribution in [0.1, 0.15) is 40.0 Å². The van der Waals surface area contributed by atoms with Gasteiger partial charge in [-0.05, 0) is 18.2 Å². The molecule has 0 aliphatic heterocycles. The Bertz CT molecular complexity index is 351. The number of nitrogens with zero attached hydrogens (tertiary/aromatic N) is 1. The van der Waals surface area contributed by atoms with Crippen LogP contribution in [0.15, 0.2) is 0 Å². The molecule has 0 saturated carbocycles. The average molecular weight is 323 g/mol. The quantitative estimate of drug-likeness (QED) is 0.282. The normalized spacial score (nSPS) is 15.1. The molecule has 0 N–H and O–H groups in total. The van der Waals surface area contributed by atoms with Crippen molar-refractivity contribution in [1.82, 2.24) is 4.67 Å². The van der Waals surface area contributed by atoms with Gasteiger partial charge in [-0.2, -0.15) is 0 Å². The van der Waals surface area contributed by atoms with E-state index in [1.54, 1.807) is 16.9 Å². The molecule has 104 valence electrons. The highest BCUT2D eigenvalue weighted by Gasteiger charge is 2.25. The van der Waals surface area contributed by atoms with Gasteiger partial charge in [0.25, 0.3) is 0 Å². The molecule has 0 spiro atoms. The minimum absolute atomic E-state index is 0.481. The lowest BCUT2D eigenvalue weighted by Crippen LogP contribution is -2.13. The molecule has 0 aromatic carbocycles. The van der Waals surface area contributed by atoms with Gasteiger partial charge in [-0.3, -0.25) is 0 Å². The second-order valence-corrected chi connectivity index (χ2v) is 11.1. The molecule has 2 nitrogen and oxygen atoms in total. The van der Waals surface area contributed by atoms with Gasteiger partial charge in [0.1, 0.15) is 0 Å². The van der Waals surface area contributed by atoms with E-state index in [0.717, 1.165) is 19.3 Å². The van der Waals surface area contributed by atoms with Crippen molar-refractivity contribution < 1.29 is 4.52 Å². The predicted octanol–water partition coefficient (Wildman–Crippen LogP) is 4.45. The molecule has 0 bridgehead atoms. The smallest absolute Gasteiger partial charge is 0.213 e. The van der Waals surface area contributed by atoms with E-state index in [2.05, 4.69) is 25.7 Å². The zero-order valence-electron chi connectivity index (χ0n) is 11.5. The Morgan fingerprint density at radius 1 is 1.44 bits per heavy atom. The summed E-state index contributed by atoms with van der Waals surface area (Å²) < 4.78 is 7.79. The van der Waals surface area contributed by atoms with Crippen LogP contribution >= 0.6 is 29.2 Å². The lowest BCUT2D eigenvalue weighted by atomic mass is 10.4. The standard InChI is InChI=1S/C12H22NOPS3/c1-5-7-8-9-10-14-15(17,13(4)11-16)18-12(3)6-2/h11-12H,5-6,9-10H2,1-4H3. The van der Waals surface area contributed by atoms with Crippen LogP contribution in [0.25, 0.3) is 0 Å². The maximum absolute atomic E-state index is 5.92. The first-order valence-electron chi connectivity index (χ1n) is 6.07. The van der Waals surface area contributed by atoms with E-state index >= 15 is 0 Å². The summed E-state index contributed by atoms with van der Waals surface area (Å²) in [6.07, 6.45) is 2.70. The summed E-state index contributed by atoms with van der Waals surface area (Å²) >= 11 is 12.4. The van der Waals surface area contributed by atoms with Crippen LogP contribution in [-0.2, 0) is 16.3 Å². The van der Waals surface area contributed by atoms with Gasteiger partial charge in [-0.15, -0.1) is 11.8 Å². The van der Waals surface area contributed by atoms with E-state index < -0.39 is 5.62 Å². The van der Waals surface area contributed by atoms with Crippen molar-refractivity contribution >= 4 is 46.5 Å². The fourth-order valence-corrected chi connectivity index (χ4v) is 7.66. The van der Waals surface area contributed by atoms with Crippen LogP contribution in [0.3, 0.4) is 0 Å². The Morgan fingerprint density at radius 2 is 2.11 bits per heavy atom. The molecule has 2 atom stereocenters. The van der Waals surface area contributed by atoms with Gasteiger partial charge in [-0.1, -0.05) is 44.4 Å².